The monoisotopic (exact) mass is 746 g/mol. The molecule has 0 spiro atoms. The summed E-state index contributed by atoms with van der Waals surface area (Å²) in [6, 6.07) is 25.0. The van der Waals surface area contributed by atoms with Crippen molar-refractivity contribution < 1.29 is 24.0 Å². The summed E-state index contributed by atoms with van der Waals surface area (Å²) < 4.78 is 0. The zero-order chi connectivity index (χ0) is 39.3. The zero-order valence-corrected chi connectivity index (χ0v) is 30.9. The zero-order valence-electron chi connectivity index (χ0n) is 30.9. The van der Waals surface area contributed by atoms with Crippen LogP contribution in [0.25, 0.3) is 21.7 Å². The average Bonchev–Trinajstić information content (AvgIpc) is 3.59. The predicted molar refractivity (Wildman–Crippen MR) is 213 cm³/mol. The third-order valence-electron chi connectivity index (χ3n) is 9.55. The molecular formula is C42H50N8O5. The molecule has 5 aromatic rings. The van der Waals surface area contributed by atoms with Gasteiger partial charge >= 0.3 is 0 Å². The molecule has 0 saturated carbocycles. The molecule has 288 valence electrons. The van der Waals surface area contributed by atoms with Crippen molar-refractivity contribution in [3.05, 3.63) is 120 Å². The number of benzene rings is 4. The van der Waals surface area contributed by atoms with E-state index in [0.29, 0.717) is 19.4 Å². The fourth-order valence-corrected chi connectivity index (χ4v) is 6.50. The molecular weight excluding hydrogens is 697 g/mol. The van der Waals surface area contributed by atoms with Crippen molar-refractivity contribution in [1.82, 2.24) is 26.3 Å². The van der Waals surface area contributed by atoms with Gasteiger partial charge < -0.3 is 43.5 Å². The lowest BCUT2D eigenvalue weighted by atomic mass is 9.99. The van der Waals surface area contributed by atoms with Crippen molar-refractivity contribution in [2.45, 2.75) is 75.7 Å². The Morgan fingerprint density at radius 3 is 1.84 bits per heavy atom. The summed E-state index contributed by atoms with van der Waals surface area (Å²) in [5.41, 5.74) is 20.3. The molecule has 0 radical (unpaired) electrons. The van der Waals surface area contributed by atoms with Crippen LogP contribution in [-0.4, -0.2) is 71.3 Å². The molecule has 1 heterocycles. The van der Waals surface area contributed by atoms with E-state index in [4.69, 9.17) is 17.2 Å². The van der Waals surface area contributed by atoms with Crippen LogP contribution in [0.5, 0.6) is 0 Å². The van der Waals surface area contributed by atoms with Crippen molar-refractivity contribution in [3.8, 4) is 0 Å². The largest absolute Gasteiger partial charge is 0.368 e. The van der Waals surface area contributed by atoms with Crippen LogP contribution in [-0.2, 0) is 43.2 Å². The van der Waals surface area contributed by atoms with Crippen LogP contribution in [0.1, 0.15) is 42.9 Å². The fraction of sp³-hybridized carbons (Fsp3) is 0.310. The van der Waals surface area contributed by atoms with Crippen molar-refractivity contribution in [2.24, 2.45) is 17.2 Å². The maximum Gasteiger partial charge on any atom is 0.243 e. The SMILES string of the molecule is C[C@H](N)C(=O)N[C@H](Cc1ccc2ccccc2c1)C(=O)N[C@H](Cc1c[nH]c2ccccc12)C(=O)N[C@H](Cc1ccccc1)C(=O)N[C@H](CCCCN)C(N)=O. The molecule has 0 saturated heterocycles. The maximum absolute atomic E-state index is 14.4. The van der Waals surface area contributed by atoms with Crippen molar-refractivity contribution in [1.29, 1.82) is 0 Å². The number of primary amides is 1. The number of aromatic amines is 1. The summed E-state index contributed by atoms with van der Waals surface area (Å²) in [5, 5.41) is 14.1. The molecule has 13 nitrogen and oxygen atoms in total. The van der Waals surface area contributed by atoms with Crippen LogP contribution in [0.3, 0.4) is 0 Å². The third-order valence-corrected chi connectivity index (χ3v) is 9.55. The number of rotatable bonds is 19. The van der Waals surface area contributed by atoms with E-state index in [1.807, 2.05) is 97.1 Å². The van der Waals surface area contributed by atoms with Gasteiger partial charge in [-0.2, -0.15) is 0 Å². The van der Waals surface area contributed by atoms with E-state index >= 15 is 0 Å². The normalized spacial score (nSPS) is 13.9. The van der Waals surface area contributed by atoms with Crippen molar-refractivity contribution in [3.63, 3.8) is 0 Å². The number of nitrogens with one attached hydrogen (secondary N) is 5. The quantitative estimate of drug-likeness (QED) is 0.0588. The first-order valence-corrected chi connectivity index (χ1v) is 18.6. The van der Waals surface area contributed by atoms with E-state index in [9.17, 15) is 24.0 Å². The minimum absolute atomic E-state index is 0.0498. The minimum atomic E-state index is -1.19. The van der Waals surface area contributed by atoms with E-state index in [2.05, 4.69) is 26.3 Å². The van der Waals surface area contributed by atoms with Crippen LogP contribution in [0.2, 0.25) is 0 Å². The molecule has 0 fully saturated rings. The summed E-state index contributed by atoms with van der Waals surface area (Å²) in [5.74, 6) is -3.10. The standard InChI is InChI=1S/C42H50N8O5/c1-26(44)39(52)48-36(23-28-18-19-29-13-5-6-14-30(29)21-28)41(54)50-37(24-31-25-46-33-16-8-7-15-32(31)33)42(55)49-35(22-27-11-3-2-4-12-27)40(53)47-34(38(45)51)17-9-10-20-43/h2-8,11-16,18-19,21,25-26,34-37,46H,9-10,17,20,22-24,43-44H2,1H3,(H2,45,51)(H,47,53)(H,48,52)(H,49,55)(H,50,54)/t26-,34+,35+,36+,37+/m0/s1. The van der Waals surface area contributed by atoms with E-state index in [1.165, 1.54) is 6.92 Å². The van der Waals surface area contributed by atoms with E-state index < -0.39 is 59.7 Å². The molecule has 0 aliphatic heterocycles. The van der Waals surface area contributed by atoms with E-state index in [-0.39, 0.29) is 25.7 Å². The number of carbonyl (C=O) groups is 5. The minimum Gasteiger partial charge on any atom is -0.368 e. The molecule has 1 aromatic heterocycles. The number of para-hydroxylation sites is 1. The summed E-state index contributed by atoms with van der Waals surface area (Å²) in [4.78, 5) is 70.9. The van der Waals surface area contributed by atoms with Gasteiger partial charge in [0.1, 0.15) is 24.2 Å². The highest BCUT2D eigenvalue weighted by atomic mass is 16.2. The summed E-state index contributed by atoms with van der Waals surface area (Å²) >= 11 is 0. The van der Waals surface area contributed by atoms with Gasteiger partial charge in [0.05, 0.1) is 6.04 Å². The van der Waals surface area contributed by atoms with E-state index in [1.54, 1.807) is 6.20 Å². The first-order valence-electron chi connectivity index (χ1n) is 18.6. The number of fused-ring (bicyclic) bond motifs is 2. The molecule has 0 bridgehead atoms. The van der Waals surface area contributed by atoms with Gasteiger partial charge in [0.25, 0.3) is 0 Å². The Balaban J connectivity index is 1.44. The second-order valence-electron chi connectivity index (χ2n) is 13.9. The Labute approximate surface area is 320 Å². The van der Waals surface area contributed by atoms with Crippen LogP contribution in [0.4, 0.5) is 0 Å². The molecule has 4 aromatic carbocycles. The number of H-pyrrole nitrogens is 1. The first kappa shape index (κ1) is 40.1. The van der Waals surface area contributed by atoms with Gasteiger partial charge in [0.2, 0.25) is 29.5 Å². The molecule has 5 atom stereocenters. The van der Waals surface area contributed by atoms with Gasteiger partial charge in [0.15, 0.2) is 0 Å². The van der Waals surface area contributed by atoms with Gasteiger partial charge in [-0.15, -0.1) is 0 Å². The molecule has 55 heavy (non-hydrogen) atoms. The van der Waals surface area contributed by atoms with Gasteiger partial charge in [-0.1, -0.05) is 91.0 Å². The molecule has 0 aliphatic rings. The highest BCUT2D eigenvalue weighted by Gasteiger charge is 2.32. The van der Waals surface area contributed by atoms with E-state index in [0.717, 1.165) is 38.4 Å². The van der Waals surface area contributed by atoms with Crippen molar-refractivity contribution in [2.75, 3.05) is 6.54 Å². The lowest BCUT2D eigenvalue weighted by Gasteiger charge is -2.27. The number of unbranched alkanes of at least 4 members (excludes halogenated alkanes) is 1. The highest BCUT2D eigenvalue weighted by Crippen LogP contribution is 2.20. The molecule has 5 rings (SSSR count). The summed E-state index contributed by atoms with van der Waals surface area (Å²) in [6.45, 7) is 1.94. The first-order chi connectivity index (χ1) is 26.5. The molecule has 13 heteroatoms. The van der Waals surface area contributed by atoms with Gasteiger partial charge in [-0.25, -0.2) is 0 Å². The molecule has 0 unspecified atom stereocenters. The topological polar surface area (TPSA) is 227 Å². The van der Waals surface area contributed by atoms with Gasteiger partial charge in [-0.3, -0.25) is 24.0 Å². The van der Waals surface area contributed by atoms with Crippen LogP contribution < -0.4 is 38.5 Å². The molecule has 5 amide bonds. The van der Waals surface area contributed by atoms with Crippen molar-refractivity contribution >= 4 is 51.2 Å². The predicted octanol–water partition coefficient (Wildman–Crippen LogP) is 2.25. The number of carbonyl (C=O) groups excluding carboxylic acids is 5. The lowest BCUT2D eigenvalue weighted by molar-refractivity contribution is -0.134. The highest BCUT2D eigenvalue weighted by molar-refractivity contribution is 5.96. The smallest absolute Gasteiger partial charge is 0.243 e. The lowest BCUT2D eigenvalue weighted by Crippen LogP contribution is -2.59. The Morgan fingerprint density at radius 2 is 1.18 bits per heavy atom. The Morgan fingerprint density at radius 1 is 0.618 bits per heavy atom. The molecule has 11 N–H and O–H groups in total. The van der Waals surface area contributed by atoms with Gasteiger partial charge in [0, 0.05) is 36.4 Å². The van der Waals surface area contributed by atoms with Crippen LogP contribution in [0, 0.1) is 0 Å². The summed E-state index contributed by atoms with van der Waals surface area (Å²) in [7, 11) is 0. The third kappa shape index (κ3) is 11.2. The van der Waals surface area contributed by atoms with Crippen LogP contribution in [0.15, 0.2) is 103 Å². The summed E-state index contributed by atoms with van der Waals surface area (Å²) in [6.07, 6.45) is 3.53. The molecule has 0 aliphatic carbocycles. The maximum atomic E-state index is 14.4. The number of nitrogens with two attached hydrogens (primary N) is 3. The second-order valence-corrected chi connectivity index (χ2v) is 13.9. The number of aromatic nitrogens is 1. The fourth-order valence-electron chi connectivity index (χ4n) is 6.50. The van der Waals surface area contributed by atoms with Crippen LogP contribution >= 0.6 is 0 Å². The average molecular weight is 747 g/mol. The second kappa shape index (κ2) is 19.3. The Bertz CT molecular complexity index is 2100. The number of amides is 5. The Hall–Kier alpha value is -6.05. The number of hydrogen-bond acceptors (Lipinski definition) is 7. The Kier molecular flexibility index (Phi) is 14.1. The number of hydrogen-bond donors (Lipinski definition) is 8. The van der Waals surface area contributed by atoms with Gasteiger partial charge in [-0.05, 0) is 66.3 Å².